The number of ether oxygens (including phenoxy) is 1. The van der Waals surface area contributed by atoms with E-state index in [2.05, 4.69) is 30.8 Å². The predicted octanol–water partition coefficient (Wildman–Crippen LogP) is -0.0139. The van der Waals surface area contributed by atoms with Crippen LogP contribution in [-0.2, 0) is 4.74 Å². The first-order chi connectivity index (χ1) is 7.13. The quantitative estimate of drug-likeness (QED) is 0.700. The van der Waals surface area contributed by atoms with Gasteiger partial charge in [-0.15, -0.1) is 0 Å². The zero-order valence-corrected chi connectivity index (χ0v) is 10.3. The number of hydrogen-bond donors (Lipinski definition) is 1. The highest BCUT2D eigenvalue weighted by atomic mass is 16.5. The number of nitrogens with two attached hydrogens (primary N) is 1. The first-order valence-electron chi connectivity index (χ1n) is 5.84. The van der Waals surface area contributed by atoms with Crippen LogP contribution in [0.25, 0.3) is 0 Å². The molecule has 1 saturated heterocycles. The van der Waals surface area contributed by atoms with E-state index in [1.54, 1.807) is 0 Å². The van der Waals surface area contributed by atoms with Crippen LogP contribution in [-0.4, -0.2) is 68.8 Å². The predicted molar refractivity (Wildman–Crippen MR) is 63.0 cm³/mol. The van der Waals surface area contributed by atoms with E-state index < -0.39 is 0 Å². The summed E-state index contributed by atoms with van der Waals surface area (Å²) < 4.78 is 5.73. The molecule has 0 aliphatic carbocycles. The van der Waals surface area contributed by atoms with E-state index in [-0.39, 0.29) is 0 Å². The van der Waals surface area contributed by atoms with Gasteiger partial charge in [-0.1, -0.05) is 0 Å². The van der Waals surface area contributed by atoms with Gasteiger partial charge in [-0.2, -0.15) is 0 Å². The maximum atomic E-state index is 5.73. The highest BCUT2D eigenvalue weighted by Gasteiger charge is 2.20. The molecule has 0 aromatic carbocycles. The van der Waals surface area contributed by atoms with Crippen molar-refractivity contribution in [1.82, 2.24) is 9.80 Å². The molecule has 0 radical (unpaired) electrons. The van der Waals surface area contributed by atoms with Gasteiger partial charge < -0.3 is 20.3 Å². The first-order valence-corrected chi connectivity index (χ1v) is 5.84. The van der Waals surface area contributed by atoms with Crippen LogP contribution in [0.3, 0.4) is 0 Å². The van der Waals surface area contributed by atoms with Gasteiger partial charge in [0.25, 0.3) is 0 Å². The minimum Gasteiger partial charge on any atom is -0.374 e. The van der Waals surface area contributed by atoms with E-state index in [9.17, 15) is 0 Å². The summed E-state index contributed by atoms with van der Waals surface area (Å²) in [6, 6.07) is 0.547. The molecular formula is C11H25N3O. The van der Waals surface area contributed by atoms with Crippen molar-refractivity contribution in [1.29, 1.82) is 0 Å². The van der Waals surface area contributed by atoms with Gasteiger partial charge >= 0.3 is 0 Å². The summed E-state index contributed by atoms with van der Waals surface area (Å²) in [5, 5.41) is 0. The lowest BCUT2D eigenvalue weighted by molar-refractivity contribution is -0.0367. The lowest BCUT2D eigenvalue weighted by Gasteiger charge is -2.34. The fourth-order valence-corrected chi connectivity index (χ4v) is 1.94. The number of rotatable bonds is 5. The van der Waals surface area contributed by atoms with Gasteiger partial charge in [0.1, 0.15) is 0 Å². The molecule has 0 bridgehead atoms. The highest BCUT2D eigenvalue weighted by molar-refractivity contribution is 4.74. The van der Waals surface area contributed by atoms with Crippen LogP contribution in [0.4, 0.5) is 0 Å². The van der Waals surface area contributed by atoms with Crippen LogP contribution in [0.15, 0.2) is 0 Å². The molecule has 0 amide bonds. The fraction of sp³-hybridized carbons (Fsp3) is 1.00. The molecular weight excluding hydrogens is 190 g/mol. The Hall–Kier alpha value is -0.160. The van der Waals surface area contributed by atoms with Crippen molar-refractivity contribution < 1.29 is 4.74 Å². The molecule has 0 saturated carbocycles. The van der Waals surface area contributed by atoms with E-state index in [0.29, 0.717) is 12.1 Å². The molecule has 0 aromatic rings. The number of likely N-dealkylation sites (N-methyl/N-ethyl adjacent to an activating group) is 2. The van der Waals surface area contributed by atoms with Gasteiger partial charge in [-0.25, -0.2) is 0 Å². The Morgan fingerprint density at radius 2 is 2.33 bits per heavy atom. The molecule has 2 N–H and O–H groups in total. The molecule has 1 aliphatic rings. The van der Waals surface area contributed by atoms with Gasteiger partial charge in [0, 0.05) is 25.7 Å². The normalized spacial score (nSPS) is 25.8. The molecule has 1 rings (SSSR count). The standard InChI is InChI=1S/C11H25N3O/c1-10(4-5-12)14(3)9-11-8-13(2)6-7-15-11/h10-11H,4-9,12H2,1-3H3. The Morgan fingerprint density at radius 3 is 2.93 bits per heavy atom. The van der Waals surface area contributed by atoms with Crippen LogP contribution in [0.1, 0.15) is 13.3 Å². The maximum absolute atomic E-state index is 5.73. The van der Waals surface area contributed by atoms with Crippen molar-refractivity contribution in [2.24, 2.45) is 5.73 Å². The van der Waals surface area contributed by atoms with Gasteiger partial charge in [-0.3, -0.25) is 0 Å². The Kier molecular flexibility index (Phi) is 5.53. The lowest BCUT2D eigenvalue weighted by Crippen LogP contribution is -2.47. The molecule has 4 nitrogen and oxygen atoms in total. The smallest absolute Gasteiger partial charge is 0.0829 e. The van der Waals surface area contributed by atoms with E-state index >= 15 is 0 Å². The summed E-state index contributed by atoms with van der Waals surface area (Å²) >= 11 is 0. The second-order valence-electron chi connectivity index (χ2n) is 4.62. The minimum atomic E-state index is 0.356. The molecule has 1 aliphatic heterocycles. The van der Waals surface area contributed by atoms with E-state index in [1.165, 1.54) is 0 Å². The SMILES string of the molecule is CC(CCN)N(C)CC1CN(C)CCO1. The Balaban J connectivity index is 2.26. The lowest BCUT2D eigenvalue weighted by atomic mass is 10.2. The summed E-state index contributed by atoms with van der Waals surface area (Å²) in [6.07, 6.45) is 1.41. The number of hydrogen-bond acceptors (Lipinski definition) is 4. The summed E-state index contributed by atoms with van der Waals surface area (Å²) in [5.41, 5.74) is 5.56. The molecule has 0 aromatic heterocycles. The van der Waals surface area contributed by atoms with Crippen LogP contribution in [0.5, 0.6) is 0 Å². The third-order valence-corrected chi connectivity index (χ3v) is 3.17. The average Bonchev–Trinajstić information content (AvgIpc) is 2.18. The van der Waals surface area contributed by atoms with Crippen molar-refractivity contribution in [2.45, 2.75) is 25.5 Å². The molecule has 4 heteroatoms. The third kappa shape index (κ3) is 4.47. The van der Waals surface area contributed by atoms with Crippen molar-refractivity contribution in [3.8, 4) is 0 Å². The minimum absolute atomic E-state index is 0.356. The van der Waals surface area contributed by atoms with Gasteiger partial charge in [0.2, 0.25) is 0 Å². The molecule has 0 spiro atoms. The summed E-state index contributed by atoms with van der Waals surface area (Å²) in [4.78, 5) is 4.67. The maximum Gasteiger partial charge on any atom is 0.0829 e. The zero-order valence-electron chi connectivity index (χ0n) is 10.3. The second-order valence-corrected chi connectivity index (χ2v) is 4.62. The first kappa shape index (κ1) is 12.9. The fourth-order valence-electron chi connectivity index (χ4n) is 1.94. The van der Waals surface area contributed by atoms with Crippen LogP contribution in [0.2, 0.25) is 0 Å². The molecule has 1 fully saturated rings. The number of morpholine rings is 1. The topological polar surface area (TPSA) is 41.7 Å². The molecule has 2 atom stereocenters. The van der Waals surface area contributed by atoms with Crippen LogP contribution >= 0.6 is 0 Å². The Bertz CT molecular complexity index is 177. The van der Waals surface area contributed by atoms with Crippen molar-refractivity contribution in [2.75, 3.05) is 46.9 Å². The van der Waals surface area contributed by atoms with Crippen molar-refractivity contribution >= 4 is 0 Å². The highest BCUT2D eigenvalue weighted by Crippen LogP contribution is 2.07. The monoisotopic (exact) mass is 215 g/mol. The van der Waals surface area contributed by atoms with E-state index in [0.717, 1.165) is 39.2 Å². The van der Waals surface area contributed by atoms with Gasteiger partial charge in [0.15, 0.2) is 0 Å². The summed E-state index contributed by atoms with van der Waals surface area (Å²) in [5.74, 6) is 0. The molecule has 1 heterocycles. The molecule has 2 unspecified atom stereocenters. The summed E-state index contributed by atoms with van der Waals surface area (Å²) in [6.45, 7) is 6.94. The van der Waals surface area contributed by atoms with Crippen LogP contribution in [0, 0.1) is 0 Å². The average molecular weight is 215 g/mol. The largest absolute Gasteiger partial charge is 0.374 e. The van der Waals surface area contributed by atoms with E-state index in [1.807, 2.05) is 0 Å². The van der Waals surface area contributed by atoms with Crippen molar-refractivity contribution in [3.63, 3.8) is 0 Å². The molecule has 15 heavy (non-hydrogen) atoms. The molecule has 90 valence electrons. The Labute approximate surface area is 93.4 Å². The zero-order chi connectivity index (χ0) is 11.3. The van der Waals surface area contributed by atoms with Gasteiger partial charge in [-0.05, 0) is 34.0 Å². The Morgan fingerprint density at radius 1 is 1.60 bits per heavy atom. The van der Waals surface area contributed by atoms with Gasteiger partial charge in [0.05, 0.1) is 12.7 Å². The van der Waals surface area contributed by atoms with E-state index in [4.69, 9.17) is 10.5 Å². The number of nitrogens with zero attached hydrogens (tertiary/aromatic N) is 2. The second kappa shape index (κ2) is 6.43. The summed E-state index contributed by atoms with van der Waals surface area (Å²) in [7, 11) is 4.30. The third-order valence-electron chi connectivity index (χ3n) is 3.17. The van der Waals surface area contributed by atoms with Crippen molar-refractivity contribution in [3.05, 3.63) is 0 Å². The van der Waals surface area contributed by atoms with Crippen LogP contribution < -0.4 is 5.73 Å².